The van der Waals surface area contributed by atoms with Gasteiger partial charge in [0.15, 0.2) is 0 Å². The molecule has 5 heteroatoms. The molecule has 1 aliphatic carbocycles. The first-order valence-electron chi connectivity index (χ1n) is 6.49. The summed E-state index contributed by atoms with van der Waals surface area (Å²) in [4.78, 5) is 25.1. The maximum absolute atomic E-state index is 12.4. The molecule has 2 rings (SSSR count). The van der Waals surface area contributed by atoms with Gasteiger partial charge in [-0.15, -0.1) is 0 Å². The van der Waals surface area contributed by atoms with Crippen LogP contribution in [0.1, 0.15) is 25.5 Å². The molecule has 19 heavy (non-hydrogen) atoms. The van der Waals surface area contributed by atoms with E-state index in [2.05, 4.69) is 0 Å². The van der Waals surface area contributed by atoms with Crippen molar-refractivity contribution in [3.05, 3.63) is 24.2 Å². The topological polar surface area (TPSA) is 70.8 Å². The number of carboxylic acids is 1. The minimum atomic E-state index is -0.867. The molecular weight excluding hydrogens is 246 g/mol. The summed E-state index contributed by atoms with van der Waals surface area (Å²) in [5.74, 6) is -0.947. The van der Waals surface area contributed by atoms with Gasteiger partial charge in [0, 0.05) is 7.05 Å². The molecule has 1 aromatic rings. The molecule has 5 nitrogen and oxygen atoms in total. The fraction of sp³-hybridized carbons (Fsp3) is 0.571. The Morgan fingerprint density at radius 1 is 1.42 bits per heavy atom. The highest BCUT2D eigenvalue weighted by molar-refractivity contribution is 5.85. The molecule has 1 fully saturated rings. The first-order valence-corrected chi connectivity index (χ1v) is 6.49. The number of nitrogens with zero attached hydrogens (tertiary/aromatic N) is 1. The van der Waals surface area contributed by atoms with Crippen LogP contribution in [0.2, 0.25) is 0 Å². The van der Waals surface area contributed by atoms with Crippen LogP contribution in [0.5, 0.6) is 0 Å². The van der Waals surface area contributed by atoms with E-state index < -0.39 is 17.8 Å². The fourth-order valence-electron chi connectivity index (χ4n) is 2.83. The van der Waals surface area contributed by atoms with Crippen LogP contribution in [0.3, 0.4) is 0 Å². The van der Waals surface area contributed by atoms with E-state index in [0.717, 1.165) is 0 Å². The van der Waals surface area contributed by atoms with Crippen molar-refractivity contribution in [2.24, 2.45) is 17.8 Å². The second-order valence-electron chi connectivity index (χ2n) is 5.40. The molecule has 1 aromatic heterocycles. The summed E-state index contributed by atoms with van der Waals surface area (Å²) in [5.41, 5.74) is 0. The van der Waals surface area contributed by atoms with Gasteiger partial charge < -0.3 is 14.4 Å². The zero-order valence-corrected chi connectivity index (χ0v) is 11.2. The summed E-state index contributed by atoms with van der Waals surface area (Å²) in [6.07, 6.45) is 2.80. The molecule has 0 aromatic carbocycles. The Bertz CT molecular complexity index is 454. The van der Waals surface area contributed by atoms with E-state index >= 15 is 0 Å². The summed E-state index contributed by atoms with van der Waals surface area (Å²) in [6.45, 7) is 2.37. The highest BCUT2D eigenvalue weighted by atomic mass is 16.4. The summed E-state index contributed by atoms with van der Waals surface area (Å²) in [5, 5.41) is 9.20. The van der Waals surface area contributed by atoms with Crippen LogP contribution in [-0.4, -0.2) is 28.9 Å². The molecule has 3 unspecified atom stereocenters. The fourth-order valence-corrected chi connectivity index (χ4v) is 2.83. The van der Waals surface area contributed by atoms with E-state index in [1.165, 1.54) is 0 Å². The van der Waals surface area contributed by atoms with Gasteiger partial charge in [0.2, 0.25) is 5.91 Å². The zero-order chi connectivity index (χ0) is 14.0. The zero-order valence-electron chi connectivity index (χ0n) is 11.2. The summed E-state index contributed by atoms with van der Waals surface area (Å²) in [6, 6.07) is 3.57. The lowest BCUT2D eigenvalue weighted by Gasteiger charge is -2.22. The van der Waals surface area contributed by atoms with E-state index in [-0.39, 0.29) is 11.8 Å². The van der Waals surface area contributed by atoms with Crippen LogP contribution in [-0.2, 0) is 16.1 Å². The van der Waals surface area contributed by atoms with Crippen molar-refractivity contribution in [3.8, 4) is 0 Å². The Morgan fingerprint density at radius 3 is 2.68 bits per heavy atom. The van der Waals surface area contributed by atoms with Crippen molar-refractivity contribution in [1.82, 2.24) is 4.90 Å². The SMILES string of the molecule is CC1CC(C(=O)O)C(C(=O)N(C)Cc2ccco2)C1. The van der Waals surface area contributed by atoms with Gasteiger partial charge in [-0.25, -0.2) is 0 Å². The molecule has 104 valence electrons. The Hall–Kier alpha value is -1.78. The standard InChI is InChI=1S/C14H19NO4/c1-9-6-11(12(7-9)14(17)18)13(16)15(2)8-10-4-3-5-19-10/h3-5,9,11-12H,6-8H2,1-2H3,(H,17,18). The van der Waals surface area contributed by atoms with Gasteiger partial charge in [0.05, 0.1) is 24.6 Å². The van der Waals surface area contributed by atoms with Crippen molar-refractivity contribution < 1.29 is 19.1 Å². The number of hydrogen-bond donors (Lipinski definition) is 1. The van der Waals surface area contributed by atoms with Crippen LogP contribution in [0.25, 0.3) is 0 Å². The van der Waals surface area contributed by atoms with Crippen LogP contribution in [0.15, 0.2) is 22.8 Å². The predicted octanol–water partition coefficient (Wildman–Crippen LogP) is 1.98. The lowest BCUT2D eigenvalue weighted by Crippen LogP contribution is -2.36. The number of furan rings is 1. The lowest BCUT2D eigenvalue weighted by molar-refractivity contribution is -0.148. The van der Waals surface area contributed by atoms with Gasteiger partial charge in [0.1, 0.15) is 5.76 Å². The van der Waals surface area contributed by atoms with Gasteiger partial charge in [-0.2, -0.15) is 0 Å². The highest BCUT2D eigenvalue weighted by Crippen LogP contribution is 2.37. The summed E-state index contributed by atoms with van der Waals surface area (Å²) < 4.78 is 5.20. The molecule has 0 spiro atoms. The Labute approximate surface area is 112 Å². The van der Waals surface area contributed by atoms with Gasteiger partial charge in [-0.05, 0) is 30.9 Å². The predicted molar refractivity (Wildman–Crippen MR) is 68.2 cm³/mol. The Balaban J connectivity index is 2.03. The number of carbonyl (C=O) groups is 2. The molecular formula is C14H19NO4. The number of carbonyl (C=O) groups excluding carboxylic acids is 1. The van der Waals surface area contributed by atoms with Gasteiger partial charge in [-0.1, -0.05) is 6.92 Å². The van der Waals surface area contributed by atoms with Crippen LogP contribution < -0.4 is 0 Å². The summed E-state index contributed by atoms with van der Waals surface area (Å²) in [7, 11) is 1.69. The lowest BCUT2D eigenvalue weighted by atomic mass is 9.95. The Kier molecular flexibility index (Phi) is 3.93. The second-order valence-corrected chi connectivity index (χ2v) is 5.40. The average Bonchev–Trinajstić information content (AvgIpc) is 2.97. The minimum absolute atomic E-state index is 0.104. The highest BCUT2D eigenvalue weighted by Gasteiger charge is 2.42. The van der Waals surface area contributed by atoms with E-state index in [1.54, 1.807) is 30.3 Å². The van der Waals surface area contributed by atoms with Crippen molar-refractivity contribution in [1.29, 1.82) is 0 Å². The second kappa shape index (κ2) is 5.47. The first kappa shape index (κ1) is 13.6. The molecule has 0 saturated heterocycles. The third-order valence-corrected chi connectivity index (χ3v) is 3.78. The molecule has 1 N–H and O–H groups in total. The van der Waals surface area contributed by atoms with Crippen molar-refractivity contribution in [2.75, 3.05) is 7.05 Å². The molecule has 3 atom stereocenters. The molecule has 0 bridgehead atoms. The third-order valence-electron chi connectivity index (χ3n) is 3.78. The van der Waals surface area contributed by atoms with E-state index in [1.807, 2.05) is 6.92 Å². The smallest absolute Gasteiger partial charge is 0.307 e. The van der Waals surface area contributed by atoms with Gasteiger partial charge in [0.25, 0.3) is 0 Å². The molecule has 0 aliphatic heterocycles. The number of amides is 1. The van der Waals surface area contributed by atoms with E-state index in [9.17, 15) is 14.7 Å². The van der Waals surface area contributed by atoms with E-state index in [4.69, 9.17) is 4.42 Å². The maximum Gasteiger partial charge on any atom is 0.307 e. The minimum Gasteiger partial charge on any atom is -0.481 e. The largest absolute Gasteiger partial charge is 0.481 e. The van der Waals surface area contributed by atoms with Crippen LogP contribution in [0, 0.1) is 17.8 Å². The number of hydrogen-bond acceptors (Lipinski definition) is 3. The van der Waals surface area contributed by atoms with E-state index in [0.29, 0.717) is 25.1 Å². The van der Waals surface area contributed by atoms with Crippen LogP contribution in [0.4, 0.5) is 0 Å². The molecule has 0 radical (unpaired) electrons. The molecule has 1 saturated carbocycles. The van der Waals surface area contributed by atoms with Crippen LogP contribution >= 0.6 is 0 Å². The third kappa shape index (κ3) is 2.97. The number of carboxylic acid groups (broad SMARTS) is 1. The number of rotatable bonds is 4. The van der Waals surface area contributed by atoms with Crippen molar-refractivity contribution in [2.45, 2.75) is 26.3 Å². The molecule has 1 heterocycles. The van der Waals surface area contributed by atoms with Gasteiger partial charge >= 0.3 is 5.97 Å². The molecule has 1 aliphatic rings. The quantitative estimate of drug-likeness (QED) is 0.903. The maximum atomic E-state index is 12.4. The van der Waals surface area contributed by atoms with Crippen molar-refractivity contribution >= 4 is 11.9 Å². The first-order chi connectivity index (χ1) is 8.99. The van der Waals surface area contributed by atoms with Gasteiger partial charge in [-0.3, -0.25) is 9.59 Å². The Morgan fingerprint density at radius 2 is 2.11 bits per heavy atom. The van der Waals surface area contributed by atoms with Crippen molar-refractivity contribution in [3.63, 3.8) is 0 Å². The monoisotopic (exact) mass is 265 g/mol. The number of aliphatic carboxylic acids is 1. The molecule has 1 amide bonds. The summed E-state index contributed by atoms with van der Waals surface area (Å²) >= 11 is 0. The normalized spacial score (nSPS) is 26.3. The average molecular weight is 265 g/mol.